The molecule has 0 aliphatic carbocycles. The molecule has 0 spiro atoms. The number of nitrogens with one attached hydrogen (secondary N) is 2. The average Bonchev–Trinajstić information content (AvgIpc) is 2.54. The zero-order valence-corrected chi connectivity index (χ0v) is 16.5. The molecule has 2 amide bonds. The van der Waals surface area contributed by atoms with Crippen LogP contribution in [0.15, 0.2) is 18.3 Å². The van der Waals surface area contributed by atoms with Gasteiger partial charge in [0.15, 0.2) is 0 Å². The van der Waals surface area contributed by atoms with Crippen molar-refractivity contribution in [3.63, 3.8) is 0 Å². The van der Waals surface area contributed by atoms with Gasteiger partial charge in [-0.2, -0.15) is 0 Å². The smallest absolute Gasteiger partial charge is 0.270 e. The van der Waals surface area contributed by atoms with E-state index in [4.69, 9.17) is 0 Å². The fourth-order valence-electron chi connectivity index (χ4n) is 2.30. The van der Waals surface area contributed by atoms with Crippen molar-refractivity contribution in [2.45, 2.75) is 72.8 Å². The van der Waals surface area contributed by atoms with Crippen LogP contribution in [0.1, 0.15) is 82.8 Å². The molecule has 25 heavy (non-hydrogen) atoms. The molecule has 0 saturated carbocycles. The topological polar surface area (TPSA) is 71.1 Å². The highest BCUT2D eigenvalue weighted by Gasteiger charge is 2.19. The molecule has 1 unspecified atom stereocenters. The summed E-state index contributed by atoms with van der Waals surface area (Å²) in [5, 5.41) is 5.86. The van der Waals surface area contributed by atoms with E-state index in [9.17, 15) is 9.59 Å². The number of hydrogen-bond acceptors (Lipinski definition) is 3. The fourth-order valence-corrected chi connectivity index (χ4v) is 2.30. The van der Waals surface area contributed by atoms with E-state index in [1.54, 1.807) is 12.3 Å². The maximum Gasteiger partial charge on any atom is 0.270 e. The van der Waals surface area contributed by atoms with E-state index in [0.717, 1.165) is 12.0 Å². The lowest BCUT2D eigenvalue weighted by Crippen LogP contribution is -2.37. The van der Waals surface area contributed by atoms with Crippen molar-refractivity contribution in [1.29, 1.82) is 0 Å². The lowest BCUT2D eigenvalue weighted by atomic mass is 9.86. The van der Waals surface area contributed by atoms with E-state index in [-0.39, 0.29) is 23.3 Å². The average molecular weight is 348 g/mol. The number of hydrogen-bond donors (Lipinski definition) is 2. The van der Waals surface area contributed by atoms with Crippen LogP contribution in [0.25, 0.3) is 0 Å². The molecule has 1 aromatic heterocycles. The number of rotatable bonds is 9. The number of carbonyl (C=O) groups is 2. The second-order valence-electron chi connectivity index (χ2n) is 7.84. The molecule has 0 bridgehead atoms. The van der Waals surface area contributed by atoms with E-state index in [1.807, 2.05) is 13.0 Å². The van der Waals surface area contributed by atoms with Gasteiger partial charge in [-0.15, -0.1) is 0 Å². The first-order chi connectivity index (χ1) is 11.6. The van der Waals surface area contributed by atoms with E-state index in [0.29, 0.717) is 31.0 Å². The van der Waals surface area contributed by atoms with Crippen LogP contribution >= 0.6 is 0 Å². The van der Waals surface area contributed by atoms with Gasteiger partial charge in [0.1, 0.15) is 5.69 Å². The van der Waals surface area contributed by atoms with Crippen LogP contribution in [-0.2, 0) is 4.79 Å². The molecule has 0 aliphatic heterocycles. The Hall–Kier alpha value is -1.91. The molecule has 5 nitrogen and oxygen atoms in total. The molecule has 0 aromatic carbocycles. The van der Waals surface area contributed by atoms with Gasteiger partial charge in [0.05, 0.1) is 0 Å². The molecule has 0 radical (unpaired) electrons. The fraction of sp³-hybridized carbons (Fsp3) is 0.650. The number of pyridine rings is 1. The third-order valence-electron chi connectivity index (χ3n) is 4.56. The van der Waals surface area contributed by atoms with Gasteiger partial charge in [-0.3, -0.25) is 14.6 Å². The zero-order chi connectivity index (χ0) is 19.0. The van der Waals surface area contributed by atoms with Gasteiger partial charge >= 0.3 is 0 Å². The Labute approximate surface area is 152 Å². The summed E-state index contributed by atoms with van der Waals surface area (Å²) in [5.41, 5.74) is 1.56. The van der Waals surface area contributed by atoms with E-state index >= 15 is 0 Å². The minimum Gasteiger partial charge on any atom is -0.356 e. The number of amides is 2. The van der Waals surface area contributed by atoms with E-state index < -0.39 is 0 Å². The summed E-state index contributed by atoms with van der Waals surface area (Å²) in [6.07, 6.45) is 3.93. The van der Waals surface area contributed by atoms with Crippen LogP contribution in [0, 0.1) is 5.41 Å². The maximum absolute atomic E-state index is 12.2. The summed E-state index contributed by atoms with van der Waals surface area (Å²) in [6.45, 7) is 12.9. The predicted octanol–water partition coefficient (Wildman–Crippen LogP) is 3.66. The summed E-state index contributed by atoms with van der Waals surface area (Å²) >= 11 is 0. The predicted molar refractivity (Wildman–Crippen MR) is 102 cm³/mol. The first-order valence-corrected chi connectivity index (χ1v) is 9.18. The normalized spacial score (nSPS) is 12.8. The summed E-state index contributed by atoms with van der Waals surface area (Å²) < 4.78 is 0. The molecule has 140 valence electrons. The second-order valence-corrected chi connectivity index (χ2v) is 7.84. The van der Waals surface area contributed by atoms with Gasteiger partial charge in [-0.05, 0) is 36.3 Å². The Kier molecular flexibility index (Phi) is 8.07. The van der Waals surface area contributed by atoms with Gasteiger partial charge in [0.25, 0.3) is 5.91 Å². The lowest BCUT2D eigenvalue weighted by molar-refractivity contribution is -0.123. The second kappa shape index (κ2) is 9.54. The highest BCUT2D eigenvalue weighted by atomic mass is 16.2. The molecule has 0 saturated heterocycles. The molecule has 1 heterocycles. The summed E-state index contributed by atoms with van der Waals surface area (Å²) in [4.78, 5) is 28.3. The van der Waals surface area contributed by atoms with Crippen molar-refractivity contribution in [1.82, 2.24) is 15.6 Å². The molecule has 1 atom stereocenters. The van der Waals surface area contributed by atoms with Gasteiger partial charge in [-0.25, -0.2) is 0 Å². The summed E-state index contributed by atoms with van der Waals surface area (Å²) in [7, 11) is 0. The van der Waals surface area contributed by atoms with Crippen molar-refractivity contribution < 1.29 is 9.59 Å². The molecule has 2 N–H and O–H groups in total. The first-order valence-electron chi connectivity index (χ1n) is 9.18. The van der Waals surface area contributed by atoms with Crippen LogP contribution in [0.5, 0.6) is 0 Å². The van der Waals surface area contributed by atoms with Gasteiger partial charge in [0.2, 0.25) is 5.91 Å². The number of nitrogens with zero attached hydrogens (tertiary/aromatic N) is 1. The Morgan fingerprint density at radius 1 is 1.20 bits per heavy atom. The van der Waals surface area contributed by atoms with Crippen LogP contribution in [0.2, 0.25) is 0 Å². The Balaban J connectivity index is 2.37. The molecule has 1 rings (SSSR count). The first kappa shape index (κ1) is 21.1. The highest BCUT2D eigenvalue weighted by molar-refractivity contribution is 5.92. The van der Waals surface area contributed by atoms with Crippen LogP contribution < -0.4 is 10.6 Å². The van der Waals surface area contributed by atoms with Crippen LogP contribution in [0.3, 0.4) is 0 Å². The van der Waals surface area contributed by atoms with Crippen molar-refractivity contribution >= 4 is 11.8 Å². The van der Waals surface area contributed by atoms with Gasteiger partial charge < -0.3 is 10.6 Å². The molecule has 0 fully saturated rings. The molecular formula is C20H33N3O2. The molecule has 0 aliphatic rings. The largest absolute Gasteiger partial charge is 0.356 e. The lowest BCUT2D eigenvalue weighted by Gasteiger charge is -2.22. The van der Waals surface area contributed by atoms with Crippen LogP contribution in [-0.4, -0.2) is 29.4 Å². The minimum absolute atomic E-state index is 0.0255. The van der Waals surface area contributed by atoms with E-state index in [2.05, 4.69) is 50.2 Å². The van der Waals surface area contributed by atoms with Crippen molar-refractivity contribution in [2.75, 3.05) is 6.54 Å². The van der Waals surface area contributed by atoms with Crippen molar-refractivity contribution in [3.8, 4) is 0 Å². The third kappa shape index (κ3) is 7.67. The number of carbonyl (C=O) groups excluding carboxylic acids is 2. The summed E-state index contributed by atoms with van der Waals surface area (Å²) in [5.74, 6) is 0.280. The Morgan fingerprint density at radius 2 is 1.88 bits per heavy atom. The minimum atomic E-state index is -0.179. The van der Waals surface area contributed by atoms with Gasteiger partial charge in [0, 0.05) is 25.2 Å². The quantitative estimate of drug-likeness (QED) is 0.716. The van der Waals surface area contributed by atoms with Crippen LogP contribution in [0.4, 0.5) is 0 Å². The highest BCUT2D eigenvalue weighted by Crippen LogP contribution is 2.23. The monoisotopic (exact) mass is 347 g/mol. The Bertz CT molecular complexity index is 565. The maximum atomic E-state index is 12.2. The summed E-state index contributed by atoms with van der Waals surface area (Å²) in [6, 6.07) is 3.66. The standard InChI is InChI=1S/C20H33N3O2/c1-7-20(5,6)12-18(24)21-11-10-15(4)23-19(25)17-9-8-16(13-22-17)14(2)3/h8-9,13-15H,7,10-12H2,1-6H3,(H,21,24)(H,23,25). The van der Waals surface area contributed by atoms with Crippen molar-refractivity contribution in [3.05, 3.63) is 29.6 Å². The SMILES string of the molecule is CCC(C)(C)CC(=O)NCCC(C)NC(=O)c1ccc(C(C)C)cn1. The molecular weight excluding hydrogens is 314 g/mol. The third-order valence-corrected chi connectivity index (χ3v) is 4.56. The number of aromatic nitrogens is 1. The van der Waals surface area contributed by atoms with E-state index in [1.165, 1.54) is 0 Å². The molecule has 1 aromatic rings. The van der Waals surface area contributed by atoms with Crippen molar-refractivity contribution in [2.24, 2.45) is 5.41 Å². The Morgan fingerprint density at radius 3 is 2.40 bits per heavy atom. The molecule has 5 heteroatoms. The zero-order valence-electron chi connectivity index (χ0n) is 16.5. The van der Waals surface area contributed by atoms with Gasteiger partial charge in [-0.1, -0.05) is 47.1 Å².